The Morgan fingerprint density at radius 2 is 0.875 bits per heavy atom. The van der Waals surface area contributed by atoms with E-state index in [1.54, 1.807) is 0 Å². The molecule has 0 amide bonds. The molecular formula is C4H28O10Si10. The summed E-state index contributed by atoms with van der Waals surface area (Å²) in [6, 6.07) is 0. The molecule has 0 saturated carbocycles. The standard InChI is InChI=1S/C4H28O10Si10/c1-3-4(2)24-13-22-11-20-9-18-7-16-5-15-6-17-8-19-10-21-12-23-14-24/h4,24H,3,15-23H2,1-2H3. The molecule has 24 heavy (non-hydrogen) atoms. The summed E-state index contributed by atoms with van der Waals surface area (Å²) in [5, 5.41) is 0. The van der Waals surface area contributed by atoms with E-state index in [0.29, 0.717) is 5.54 Å². The number of hydrogen-bond donors (Lipinski definition) is 0. The van der Waals surface area contributed by atoms with Crippen molar-refractivity contribution in [2.24, 2.45) is 0 Å². The number of rotatable bonds is 2. The first-order chi connectivity index (χ1) is 11.8. The van der Waals surface area contributed by atoms with Crippen molar-refractivity contribution in [2.45, 2.75) is 25.8 Å². The SMILES string of the molecule is CCC(C)[SiH]1O[SiH2]O[SiH2]O[SiH2]O[SiH2]O[SiH2]O[SiH2]O[SiH2]O[SiH2]O[SiH2]O1. The van der Waals surface area contributed by atoms with Crippen LogP contribution in [0.25, 0.3) is 0 Å². The van der Waals surface area contributed by atoms with E-state index in [-0.39, 0.29) is 0 Å². The van der Waals surface area contributed by atoms with E-state index in [1.807, 2.05) is 0 Å². The van der Waals surface area contributed by atoms with Crippen LogP contribution in [0, 0.1) is 0 Å². The molecule has 0 aliphatic carbocycles. The highest BCUT2D eigenvalue weighted by molar-refractivity contribution is 6.59. The Morgan fingerprint density at radius 3 is 1.17 bits per heavy atom. The van der Waals surface area contributed by atoms with Gasteiger partial charge in [0.05, 0.1) is 0 Å². The molecule has 1 saturated heterocycles. The fraction of sp³-hybridized carbons (Fsp3) is 1.00. The van der Waals surface area contributed by atoms with Crippen molar-refractivity contribution in [1.29, 1.82) is 0 Å². The maximum atomic E-state index is 5.93. The third kappa shape index (κ3) is 13.9. The molecule has 144 valence electrons. The van der Waals surface area contributed by atoms with E-state index in [4.69, 9.17) is 41.2 Å². The van der Waals surface area contributed by atoms with E-state index < -0.39 is 99.3 Å². The van der Waals surface area contributed by atoms with E-state index in [2.05, 4.69) is 13.8 Å². The van der Waals surface area contributed by atoms with Gasteiger partial charge in [0.15, 0.2) is 0 Å². The van der Waals surface area contributed by atoms with Gasteiger partial charge in [0.1, 0.15) is 0 Å². The molecule has 1 heterocycles. The van der Waals surface area contributed by atoms with Crippen LogP contribution in [0.15, 0.2) is 0 Å². The van der Waals surface area contributed by atoms with Gasteiger partial charge in [-0.15, -0.1) is 0 Å². The van der Waals surface area contributed by atoms with Gasteiger partial charge in [0, 0.05) is 0 Å². The van der Waals surface area contributed by atoms with Crippen molar-refractivity contribution < 1.29 is 41.2 Å². The highest BCUT2D eigenvalue weighted by Gasteiger charge is 2.20. The second-order valence-corrected chi connectivity index (χ2v) is 24.5. The summed E-state index contributed by atoms with van der Waals surface area (Å²) < 4.78 is 55.8. The zero-order chi connectivity index (χ0) is 17.3. The molecule has 1 unspecified atom stereocenters. The Labute approximate surface area is 166 Å². The van der Waals surface area contributed by atoms with Crippen LogP contribution in [0.5, 0.6) is 0 Å². The van der Waals surface area contributed by atoms with Gasteiger partial charge in [-0.25, -0.2) is 0 Å². The fourth-order valence-corrected chi connectivity index (χ4v) is 22.2. The molecule has 1 rings (SSSR count). The van der Waals surface area contributed by atoms with Gasteiger partial charge < -0.3 is 41.2 Å². The van der Waals surface area contributed by atoms with Crippen LogP contribution in [0.4, 0.5) is 0 Å². The summed E-state index contributed by atoms with van der Waals surface area (Å²) in [6.07, 6.45) is 1.04. The Kier molecular flexibility index (Phi) is 18.0. The Bertz CT molecular complexity index is 260. The summed E-state index contributed by atoms with van der Waals surface area (Å²) >= 11 is 0. The third-order valence-corrected chi connectivity index (χ3v) is 18.7. The second kappa shape index (κ2) is 18.1. The highest BCUT2D eigenvalue weighted by atomic mass is 28.4. The monoisotopic (exact) mass is 516 g/mol. The maximum absolute atomic E-state index is 5.93. The Morgan fingerprint density at radius 1 is 0.583 bits per heavy atom. The van der Waals surface area contributed by atoms with Crippen LogP contribution in [-0.2, 0) is 41.2 Å². The smallest absolute Gasteiger partial charge is 0.305 e. The molecule has 0 radical (unpaired) electrons. The average Bonchev–Trinajstić information content (AvgIpc) is 2.60. The van der Waals surface area contributed by atoms with Gasteiger partial charge in [0.25, 0.3) is 90.1 Å². The molecule has 1 fully saturated rings. The van der Waals surface area contributed by atoms with Gasteiger partial charge in [-0.2, -0.15) is 0 Å². The van der Waals surface area contributed by atoms with Crippen molar-refractivity contribution in [3.63, 3.8) is 0 Å². The minimum Gasteiger partial charge on any atom is -0.425 e. The van der Waals surface area contributed by atoms with Crippen molar-refractivity contribution in [1.82, 2.24) is 0 Å². The van der Waals surface area contributed by atoms with Crippen LogP contribution in [0.1, 0.15) is 20.3 Å². The fourth-order valence-electron chi connectivity index (χ4n) is 1.48. The quantitative estimate of drug-likeness (QED) is 0.329. The predicted molar refractivity (Wildman–Crippen MR) is 115 cm³/mol. The lowest BCUT2D eigenvalue weighted by Crippen LogP contribution is -2.33. The molecule has 1 atom stereocenters. The molecule has 1 aliphatic heterocycles. The maximum Gasteiger partial charge on any atom is 0.305 e. The van der Waals surface area contributed by atoms with E-state index in [1.165, 1.54) is 0 Å². The average molecular weight is 517 g/mol. The molecule has 0 aromatic heterocycles. The third-order valence-electron chi connectivity index (χ3n) is 2.91. The van der Waals surface area contributed by atoms with Gasteiger partial charge in [-0.05, 0) is 5.54 Å². The van der Waals surface area contributed by atoms with Crippen LogP contribution < -0.4 is 0 Å². The summed E-state index contributed by atoms with van der Waals surface area (Å²) in [6.45, 7) is 4.31. The molecule has 0 aromatic carbocycles. The first kappa shape index (κ1) is 23.8. The van der Waals surface area contributed by atoms with Crippen LogP contribution in [0.3, 0.4) is 0 Å². The molecule has 1 aliphatic rings. The topological polar surface area (TPSA) is 92.3 Å². The first-order valence-corrected chi connectivity index (χ1v) is 19.7. The van der Waals surface area contributed by atoms with E-state index >= 15 is 0 Å². The van der Waals surface area contributed by atoms with Crippen LogP contribution in [-0.4, -0.2) is 99.3 Å². The Balaban J connectivity index is 2.25. The van der Waals surface area contributed by atoms with Gasteiger partial charge in [-0.1, -0.05) is 20.3 Å². The minimum atomic E-state index is -1.71. The molecule has 0 aromatic rings. The normalized spacial score (nSPS) is 35.5. The van der Waals surface area contributed by atoms with E-state index in [9.17, 15) is 0 Å². The van der Waals surface area contributed by atoms with Crippen LogP contribution in [0.2, 0.25) is 5.54 Å². The largest absolute Gasteiger partial charge is 0.425 e. The lowest BCUT2D eigenvalue weighted by atomic mass is 10.4. The lowest BCUT2D eigenvalue weighted by molar-refractivity contribution is 0.333. The zero-order valence-corrected chi connectivity index (χ0v) is 28.2. The highest BCUT2D eigenvalue weighted by Crippen LogP contribution is 2.14. The molecule has 10 nitrogen and oxygen atoms in total. The lowest BCUT2D eigenvalue weighted by Gasteiger charge is -2.22. The number of hydrogen-bond acceptors (Lipinski definition) is 10. The summed E-state index contributed by atoms with van der Waals surface area (Å²) in [5.41, 5.74) is 0.450. The van der Waals surface area contributed by atoms with Crippen LogP contribution >= 0.6 is 0 Å². The molecule has 0 spiro atoms. The van der Waals surface area contributed by atoms with Crippen molar-refractivity contribution in [3.05, 3.63) is 0 Å². The summed E-state index contributed by atoms with van der Waals surface area (Å²) in [4.78, 5) is 0. The minimum absolute atomic E-state index is 0.450. The molecule has 20 heteroatoms. The molecule has 0 bridgehead atoms. The predicted octanol–water partition coefficient (Wildman–Crippen LogP) is -7.82. The Hall–Kier alpha value is 1.77. The second-order valence-electron chi connectivity index (χ2n) is 4.78. The summed E-state index contributed by atoms with van der Waals surface area (Å²) in [7, 11) is -10.5. The van der Waals surface area contributed by atoms with Gasteiger partial charge >= 0.3 is 9.28 Å². The van der Waals surface area contributed by atoms with Crippen molar-refractivity contribution >= 4 is 99.3 Å². The molecular weight excluding hydrogens is 489 g/mol. The van der Waals surface area contributed by atoms with Gasteiger partial charge in [0.2, 0.25) is 0 Å². The summed E-state index contributed by atoms with van der Waals surface area (Å²) in [5.74, 6) is 0. The van der Waals surface area contributed by atoms with Crippen molar-refractivity contribution in [3.8, 4) is 0 Å². The van der Waals surface area contributed by atoms with Gasteiger partial charge in [-0.3, -0.25) is 0 Å². The zero-order valence-electron chi connectivity index (χ0n) is 14.3. The van der Waals surface area contributed by atoms with Crippen molar-refractivity contribution in [2.75, 3.05) is 0 Å². The first-order valence-electron chi connectivity index (χ1n) is 7.69. The van der Waals surface area contributed by atoms with E-state index in [0.717, 1.165) is 6.42 Å². The molecule has 0 N–H and O–H groups in total.